The van der Waals surface area contributed by atoms with E-state index in [9.17, 15) is 39.5 Å². The predicted octanol–water partition coefficient (Wildman–Crippen LogP) is 8.02. The average molecular weight is 528 g/mol. The lowest BCUT2D eigenvalue weighted by atomic mass is 10.1. The molecular weight excluding hydrogens is 515 g/mol. The van der Waals surface area contributed by atoms with Crippen LogP contribution in [0.1, 0.15) is 45.0 Å². The third kappa shape index (κ3) is 4.27. The number of halogens is 9. The van der Waals surface area contributed by atoms with E-state index in [1.165, 1.54) is 19.1 Å². The summed E-state index contributed by atoms with van der Waals surface area (Å²) in [5, 5.41) is 0. The van der Waals surface area contributed by atoms with E-state index in [0.717, 1.165) is 36.4 Å². The maximum absolute atomic E-state index is 14.1. The molecule has 0 saturated carbocycles. The molecule has 13 heteroatoms. The predicted molar refractivity (Wildman–Crippen MR) is 119 cm³/mol. The first-order valence-electron chi connectivity index (χ1n) is 10.5. The topological polar surface area (TPSA) is 57.4 Å². The molecule has 3 aromatic heterocycles. The summed E-state index contributed by atoms with van der Waals surface area (Å²) in [6.45, 7) is 1.44. The van der Waals surface area contributed by atoms with Crippen LogP contribution in [0.25, 0.3) is 46.4 Å². The number of hydrogen-bond acceptors (Lipinski definition) is 2. The Balaban J connectivity index is 2.05. The zero-order valence-electron chi connectivity index (χ0n) is 18.4. The molecule has 0 atom stereocenters. The van der Waals surface area contributed by atoms with Gasteiger partial charge in [-0.05, 0) is 55.5 Å². The standard InChI is InChI=1S/C24H13F9N4/c1-10-11-2-4-13(34-11)19(22(25,26)27)15-6-8-17(36-15)21(24(31,32)33)18-9-7-16(37-18)20(23(28,29)30)14-5-3-12(10)35-14/h2-9,36-37H,1H3. The maximum Gasteiger partial charge on any atom is 0.420 e. The second-order valence-corrected chi connectivity index (χ2v) is 8.25. The van der Waals surface area contributed by atoms with Crippen LogP contribution in [0, 0.1) is 6.92 Å². The highest BCUT2D eigenvalue weighted by Gasteiger charge is 2.39. The van der Waals surface area contributed by atoms with Crippen LogP contribution in [0.3, 0.4) is 0 Å². The van der Waals surface area contributed by atoms with Gasteiger partial charge in [-0.15, -0.1) is 0 Å². The number of alkyl halides is 9. The number of aromatic amines is 2. The molecule has 8 bridgehead atoms. The zero-order chi connectivity index (χ0) is 26.9. The number of fused-ring (bicyclic) bond motifs is 8. The molecule has 5 heterocycles. The lowest BCUT2D eigenvalue weighted by Crippen LogP contribution is -2.09. The van der Waals surface area contributed by atoms with Gasteiger partial charge < -0.3 is 9.97 Å². The molecule has 37 heavy (non-hydrogen) atoms. The van der Waals surface area contributed by atoms with Crippen molar-refractivity contribution in [2.45, 2.75) is 25.5 Å². The minimum Gasteiger partial charge on any atom is -0.354 e. The second-order valence-electron chi connectivity index (χ2n) is 8.25. The van der Waals surface area contributed by atoms with Crippen molar-refractivity contribution in [3.63, 3.8) is 0 Å². The molecular formula is C24H13F9N4. The Morgan fingerprint density at radius 2 is 0.784 bits per heavy atom. The fourth-order valence-corrected chi connectivity index (χ4v) is 4.25. The largest absolute Gasteiger partial charge is 0.420 e. The summed E-state index contributed by atoms with van der Waals surface area (Å²) in [5.74, 6) is 0. The SMILES string of the molecule is Cc1c2nc(c(C(F)(F)F)c3ccc([nH]3)c(C(F)(F)F)c3ccc([nH]3)c(C(F)(F)F)c3nc1C=C3)C=C2. The summed E-state index contributed by atoms with van der Waals surface area (Å²) >= 11 is 0. The third-order valence-electron chi connectivity index (χ3n) is 5.86. The summed E-state index contributed by atoms with van der Waals surface area (Å²) in [5.41, 5.74) is -7.94. The lowest BCUT2D eigenvalue weighted by Gasteiger charge is -2.09. The van der Waals surface area contributed by atoms with Crippen LogP contribution in [0.4, 0.5) is 39.5 Å². The van der Waals surface area contributed by atoms with Gasteiger partial charge in [-0.25, -0.2) is 9.97 Å². The van der Waals surface area contributed by atoms with Crippen molar-refractivity contribution in [2.24, 2.45) is 0 Å². The molecule has 0 aliphatic carbocycles. The van der Waals surface area contributed by atoms with Crippen LogP contribution in [0.2, 0.25) is 0 Å². The van der Waals surface area contributed by atoms with Crippen LogP contribution in [0.5, 0.6) is 0 Å². The number of nitrogens with zero attached hydrogens (tertiary/aromatic N) is 2. The van der Waals surface area contributed by atoms with Crippen molar-refractivity contribution in [3.8, 4) is 0 Å². The van der Waals surface area contributed by atoms with E-state index in [4.69, 9.17) is 0 Å². The second kappa shape index (κ2) is 7.98. The van der Waals surface area contributed by atoms with Crippen LogP contribution >= 0.6 is 0 Å². The number of hydrogen-bond donors (Lipinski definition) is 2. The van der Waals surface area contributed by atoms with Crippen LogP contribution in [0.15, 0.2) is 24.3 Å². The van der Waals surface area contributed by atoms with Crippen molar-refractivity contribution < 1.29 is 39.5 Å². The van der Waals surface area contributed by atoms with E-state index < -0.39 is 68.7 Å². The van der Waals surface area contributed by atoms with Gasteiger partial charge in [0.05, 0.1) is 44.8 Å². The fraction of sp³-hybridized carbons (Fsp3) is 0.167. The molecule has 0 saturated heterocycles. The first-order valence-corrected chi connectivity index (χ1v) is 10.5. The molecule has 5 rings (SSSR count). The Hall–Kier alpha value is -4.03. The monoisotopic (exact) mass is 528 g/mol. The Morgan fingerprint density at radius 3 is 1.11 bits per heavy atom. The summed E-state index contributed by atoms with van der Waals surface area (Å²) in [6.07, 6.45) is -10.6. The van der Waals surface area contributed by atoms with Gasteiger partial charge >= 0.3 is 18.5 Å². The summed E-state index contributed by atoms with van der Waals surface area (Å²) in [7, 11) is 0. The molecule has 0 aromatic carbocycles. The van der Waals surface area contributed by atoms with E-state index in [1.54, 1.807) is 0 Å². The molecule has 0 fully saturated rings. The Labute approximate surface area is 201 Å². The van der Waals surface area contributed by atoms with Gasteiger partial charge in [0, 0.05) is 5.56 Å². The van der Waals surface area contributed by atoms with Crippen LogP contribution in [-0.2, 0) is 18.5 Å². The van der Waals surface area contributed by atoms with Crippen molar-refractivity contribution in [1.29, 1.82) is 0 Å². The quantitative estimate of drug-likeness (QED) is 0.200. The van der Waals surface area contributed by atoms with E-state index >= 15 is 0 Å². The van der Waals surface area contributed by atoms with Gasteiger partial charge in [0.25, 0.3) is 0 Å². The number of rotatable bonds is 0. The molecule has 0 radical (unpaired) electrons. The Morgan fingerprint density at radius 1 is 0.486 bits per heavy atom. The molecule has 192 valence electrons. The normalized spacial score (nSPS) is 14.0. The highest BCUT2D eigenvalue weighted by molar-refractivity contribution is 5.83. The van der Waals surface area contributed by atoms with E-state index in [-0.39, 0.29) is 17.0 Å². The van der Waals surface area contributed by atoms with Crippen LogP contribution in [-0.4, -0.2) is 19.9 Å². The molecule has 2 N–H and O–H groups in total. The van der Waals surface area contributed by atoms with Gasteiger partial charge in [0.1, 0.15) is 16.7 Å². The maximum atomic E-state index is 14.1. The van der Waals surface area contributed by atoms with Crippen LogP contribution < -0.4 is 0 Å². The summed E-state index contributed by atoms with van der Waals surface area (Å²) < 4.78 is 126. The van der Waals surface area contributed by atoms with Gasteiger partial charge in [-0.2, -0.15) is 39.5 Å². The fourth-order valence-electron chi connectivity index (χ4n) is 4.25. The summed E-state index contributed by atoms with van der Waals surface area (Å²) in [4.78, 5) is 12.2. The molecule has 0 unspecified atom stereocenters. The van der Waals surface area contributed by atoms with Crippen molar-refractivity contribution in [2.75, 3.05) is 0 Å². The number of nitrogens with one attached hydrogen (secondary N) is 2. The molecule has 0 spiro atoms. The Kier molecular flexibility index (Phi) is 5.32. The highest BCUT2D eigenvalue weighted by atomic mass is 19.4. The van der Waals surface area contributed by atoms with Crippen molar-refractivity contribution in [3.05, 3.63) is 69.3 Å². The molecule has 2 aliphatic heterocycles. The minimum absolute atomic E-state index is 0.0125. The highest BCUT2D eigenvalue weighted by Crippen LogP contribution is 2.40. The third-order valence-corrected chi connectivity index (χ3v) is 5.86. The zero-order valence-corrected chi connectivity index (χ0v) is 18.4. The smallest absolute Gasteiger partial charge is 0.354 e. The van der Waals surface area contributed by atoms with Crippen molar-refractivity contribution >= 4 is 46.4 Å². The molecule has 4 nitrogen and oxygen atoms in total. The molecule has 3 aromatic rings. The van der Waals surface area contributed by atoms with Gasteiger partial charge in [0.15, 0.2) is 0 Å². The van der Waals surface area contributed by atoms with Crippen molar-refractivity contribution in [1.82, 2.24) is 19.9 Å². The number of aromatic nitrogens is 4. The van der Waals surface area contributed by atoms with Gasteiger partial charge in [-0.3, -0.25) is 0 Å². The molecule has 0 amide bonds. The van der Waals surface area contributed by atoms with E-state index in [0.29, 0.717) is 0 Å². The average Bonchev–Trinajstić information content (AvgIpc) is 3.53. The first-order chi connectivity index (χ1) is 17.1. The van der Waals surface area contributed by atoms with Gasteiger partial charge in [0.2, 0.25) is 0 Å². The van der Waals surface area contributed by atoms with E-state index in [2.05, 4.69) is 19.9 Å². The minimum atomic E-state index is -5.14. The lowest BCUT2D eigenvalue weighted by molar-refractivity contribution is -0.137. The Bertz CT molecular complexity index is 1530. The summed E-state index contributed by atoms with van der Waals surface area (Å²) in [6, 6.07) is 3.19. The van der Waals surface area contributed by atoms with Gasteiger partial charge in [-0.1, -0.05) is 0 Å². The number of H-pyrrole nitrogens is 2. The van der Waals surface area contributed by atoms with E-state index in [1.807, 2.05) is 0 Å². The molecule has 2 aliphatic rings. The first kappa shape index (κ1) is 24.7.